The van der Waals surface area contributed by atoms with Crippen LogP contribution in [0.3, 0.4) is 0 Å². The van der Waals surface area contributed by atoms with Gasteiger partial charge in [-0.2, -0.15) is 5.10 Å². The van der Waals surface area contributed by atoms with E-state index in [2.05, 4.69) is 10.4 Å². The first-order valence-corrected chi connectivity index (χ1v) is 5.62. The maximum Gasteiger partial charge on any atom is 0.241 e. The number of aryl methyl sites for hydroxylation is 1. The maximum atomic E-state index is 11.6. The molecule has 0 aromatic carbocycles. The predicted molar refractivity (Wildman–Crippen MR) is 67.7 cm³/mol. The summed E-state index contributed by atoms with van der Waals surface area (Å²) in [5, 5.41) is 7.05. The molecule has 0 atom stereocenters. The van der Waals surface area contributed by atoms with E-state index in [0.717, 1.165) is 17.9 Å². The van der Waals surface area contributed by atoms with Crippen molar-refractivity contribution in [3.05, 3.63) is 11.4 Å². The van der Waals surface area contributed by atoms with E-state index in [1.165, 1.54) is 0 Å². The summed E-state index contributed by atoms with van der Waals surface area (Å²) in [6, 6.07) is 0. The number of nitrogens with two attached hydrogens (primary N) is 1. The minimum atomic E-state index is -0.0440. The first-order chi connectivity index (χ1) is 7.91. The zero-order chi connectivity index (χ0) is 13.0. The highest BCUT2D eigenvalue weighted by Gasteiger charge is 2.10. The molecule has 0 radical (unpaired) electrons. The van der Waals surface area contributed by atoms with Gasteiger partial charge in [-0.1, -0.05) is 0 Å². The lowest BCUT2D eigenvalue weighted by atomic mass is 10.3. The van der Waals surface area contributed by atoms with Crippen molar-refractivity contribution in [1.82, 2.24) is 20.0 Å². The Kier molecular flexibility index (Phi) is 4.51. The van der Waals surface area contributed by atoms with Gasteiger partial charge in [0.05, 0.1) is 17.1 Å². The SMILES string of the molecule is Cc1nn(CC(=O)NCCN(C)C)c(C)c1N. The van der Waals surface area contributed by atoms with Crippen molar-refractivity contribution >= 4 is 11.6 Å². The largest absolute Gasteiger partial charge is 0.396 e. The van der Waals surface area contributed by atoms with Gasteiger partial charge in [-0.15, -0.1) is 0 Å². The van der Waals surface area contributed by atoms with E-state index in [9.17, 15) is 4.79 Å². The van der Waals surface area contributed by atoms with Crippen molar-refractivity contribution in [2.24, 2.45) is 0 Å². The second-order valence-corrected chi connectivity index (χ2v) is 4.40. The molecule has 0 aliphatic rings. The van der Waals surface area contributed by atoms with Crippen LogP contribution in [0.15, 0.2) is 0 Å². The van der Waals surface area contributed by atoms with Crippen molar-refractivity contribution in [1.29, 1.82) is 0 Å². The molecule has 0 aliphatic carbocycles. The number of rotatable bonds is 5. The number of hydrogen-bond donors (Lipinski definition) is 2. The highest BCUT2D eigenvalue weighted by molar-refractivity contribution is 5.75. The molecule has 0 fully saturated rings. The molecule has 17 heavy (non-hydrogen) atoms. The monoisotopic (exact) mass is 239 g/mol. The van der Waals surface area contributed by atoms with Crippen molar-refractivity contribution in [2.75, 3.05) is 32.9 Å². The lowest BCUT2D eigenvalue weighted by Crippen LogP contribution is -2.34. The van der Waals surface area contributed by atoms with Crippen LogP contribution in [0.4, 0.5) is 5.69 Å². The van der Waals surface area contributed by atoms with Gasteiger partial charge in [0.1, 0.15) is 6.54 Å². The number of aromatic nitrogens is 2. The Labute approximate surface area is 102 Å². The second kappa shape index (κ2) is 5.67. The van der Waals surface area contributed by atoms with Gasteiger partial charge in [0.2, 0.25) is 5.91 Å². The van der Waals surface area contributed by atoms with Gasteiger partial charge in [-0.05, 0) is 27.9 Å². The van der Waals surface area contributed by atoms with Crippen LogP contribution in [0.2, 0.25) is 0 Å². The molecular formula is C11H21N5O. The summed E-state index contributed by atoms with van der Waals surface area (Å²) >= 11 is 0. The van der Waals surface area contributed by atoms with Crippen LogP contribution >= 0.6 is 0 Å². The fourth-order valence-corrected chi connectivity index (χ4v) is 1.48. The first kappa shape index (κ1) is 13.5. The summed E-state index contributed by atoms with van der Waals surface area (Å²) in [5.74, 6) is -0.0440. The minimum Gasteiger partial charge on any atom is -0.396 e. The van der Waals surface area contributed by atoms with E-state index in [0.29, 0.717) is 12.2 Å². The third-order valence-electron chi connectivity index (χ3n) is 2.61. The summed E-state index contributed by atoms with van der Waals surface area (Å²) in [6.07, 6.45) is 0. The Morgan fingerprint density at radius 2 is 2.12 bits per heavy atom. The van der Waals surface area contributed by atoms with E-state index in [1.54, 1.807) is 4.68 Å². The number of amides is 1. The molecular weight excluding hydrogens is 218 g/mol. The quantitative estimate of drug-likeness (QED) is 0.743. The van der Waals surface area contributed by atoms with Crippen LogP contribution in [0, 0.1) is 13.8 Å². The zero-order valence-electron chi connectivity index (χ0n) is 10.9. The number of carbonyl (C=O) groups is 1. The van der Waals surface area contributed by atoms with Gasteiger partial charge < -0.3 is 16.0 Å². The lowest BCUT2D eigenvalue weighted by molar-refractivity contribution is -0.121. The Bertz CT molecular complexity index is 397. The van der Waals surface area contributed by atoms with Gasteiger partial charge >= 0.3 is 0 Å². The summed E-state index contributed by atoms with van der Waals surface area (Å²) in [6.45, 7) is 5.38. The van der Waals surface area contributed by atoms with Gasteiger partial charge in [0, 0.05) is 13.1 Å². The van der Waals surface area contributed by atoms with Gasteiger partial charge in [0.25, 0.3) is 0 Å². The molecule has 0 saturated heterocycles. The molecule has 1 aromatic heterocycles. The van der Waals surface area contributed by atoms with Crippen molar-refractivity contribution < 1.29 is 4.79 Å². The molecule has 1 heterocycles. The number of nitrogen functional groups attached to an aromatic ring is 1. The van der Waals surface area contributed by atoms with Crippen LogP contribution in [0.5, 0.6) is 0 Å². The van der Waals surface area contributed by atoms with E-state index >= 15 is 0 Å². The number of nitrogens with zero attached hydrogens (tertiary/aromatic N) is 3. The fraction of sp³-hybridized carbons (Fsp3) is 0.636. The Hall–Kier alpha value is -1.56. The molecule has 96 valence electrons. The first-order valence-electron chi connectivity index (χ1n) is 5.62. The molecule has 0 saturated carbocycles. The second-order valence-electron chi connectivity index (χ2n) is 4.40. The standard InChI is InChI=1S/C11H21N5O/c1-8-11(12)9(2)16(14-8)7-10(17)13-5-6-15(3)4/h5-7,12H2,1-4H3,(H,13,17). The van der Waals surface area contributed by atoms with Crippen LogP contribution in [0.1, 0.15) is 11.4 Å². The fourth-order valence-electron chi connectivity index (χ4n) is 1.48. The van der Waals surface area contributed by atoms with Crippen LogP contribution in [-0.4, -0.2) is 47.8 Å². The maximum absolute atomic E-state index is 11.6. The van der Waals surface area contributed by atoms with Crippen molar-refractivity contribution in [3.8, 4) is 0 Å². The van der Waals surface area contributed by atoms with Crippen LogP contribution < -0.4 is 11.1 Å². The van der Waals surface area contributed by atoms with Gasteiger partial charge in [-0.3, -0.25) is 9.48 Å². The Balaban J connectivity index is 2.48. The predicted octanol–water partition coefficient (Wildman–Crippen LogP) is -0.240. The third kappa shape index (κ3) is 3.74. The lowest BCUT2D eigenvalue weighted by Gasteiger charge is -2.10. The Morgan fingerprint density at radius 3 is 2.59 bits per heavy atom. The normalized spacial score (nSPS) is 10.9. The summed E-state index contributed by atoms with van der Waals surface area (Å²) in [4.78, 5) is 13.7. The minimum absolute atomic E-state index is 0.0440. The molecule has 6 nitrogen and oxygen atoms in total. The van der Waals surface area contributed by atoms with Crippen LogP contribution in [0.25, 0.3) is 0 Å². The topological polar surface area (TPSA) is 76.2 Å². The molecule has 1 aromatic rings. The number of nitrogens with one attached hydrogen (secondary N) is 1. The van der Waals surface area contributed by atoms with Crippen molar-refractivity contribution in [3.63, 3.8) is 0 Å². The molecule has 0 bridgehead atoms. The average molecular weight is 239 g/mol. The van der Waals surface area contributed by atoms with Crippen LogP contribution in [-0.2, 0) is 11.3 Å². The zero-order valence-corrected chi connectivity index (χ0v) is 10.9. The van der Waals surface area contributed by atoms with E-state index in [1.807, 2.05) is 32.8 Å². The Morgan fingerprint density at radius 1 is 1.47 bits per heavy atom. The molecule has 3 N–H and O–H groups in total. The third-order valence-corrected chi connectivity index (χ3v) is 2.61. The molecule has 0 aliphatic heterocycles. The molecule has 6 heteroatoms. The van der Waals surface area contributed by atoms with E-state index in [-0.39, 0.29) is 12.5 Å². The van der Waals surface area contributed by atoms with Gasteiger partial charge in [-0.25, -0.2) is 0 Å². The van der Waals surface area contributed by atoms with Crippen molar-refractivity contribution in [2.45, 2.75) is 20.4 Å². The van der Waals surface area contributed by atoms with E-state index < -0.39 is 0 Å². The summed E-state index contributed by atoms with van der Waals surface area (Å²) in [7, 11) is 3.93. The van der Waals surface area contributed by atoms with Gasteiger partial charge in [0.15, 0.2) is 0 Å². The summed E-state index contributed by atoms with van der Waals surface area (Å²) < 4.78 is 1.63. The highest BCUT2D eigenvalue weighted by atomic mass is 16.2. The molecule has 0 spiro atoms. The average Bonchev–Trinajstić information content (AvgIpc) is 2.46. The summed E-state index contributed by atoms with van der Waals surface area (Å²) in [5.41, 5.74) is 8.06. The number of hydrogen-bond acceptors (Lipinski definition) is 4. The molecule has 1 rings (SSSR count). The van der Waals surface area contributed by atoms with E-state index in [4.69, 9.17) is 5.73 Å². The smallest absolute Gasteiger partial charge is 0.241 e. The molecule has 1 amide bonds. The highest BCUT2D eigenvalue weighted by Crippen LogP contribution is 2.14. The molecule has 0 unspecified atom stereocenters. The number of likely N-dealkylation sites (N-methyl/N-ethyl adjacent to an activating group) is 1. The number of anilines is 1. The number of carbonyl (C=O) groups excluding carboxylic acids is 1.